The molecule has 4 nitrogen and oxygen atoms in total. The molecular weight excluding hydrogens is 280 g/mol. The molecule has 0 unspecified atom stereocenters. The van der Waals surface area contributed by atoms with E-state index in [1.807, 2.05) is 16.0 Å². The van der Waals surface area contributed by atoms with Gasteiger partial charge in [-0.15, -0.1) is 11.3 Å². The van der Waals surface area contributed by atoms with Crippen molar-refractivity contribution in [3.8, 4) is 0 Å². The number of rotatable bonds is 5. The van der Waals surface area contributed by atoms with Gasteiger partial charge in [0.25, 0.3) is 0 Å². The SMILES string of the molecule is Cc1cc(CNc2cccc(Cn3cncn3)c2)c(C)s1. The Morgan fingerprint density at radius 1 is 1.24 bits per heavy atom. The molecule has 5 heteroatoms. The molecule has 2 aromatic heterocycles. The summed E-state index contributed by atoms with van der Waals surface area (Å²) in [6.07, 6.45) is 3.29. The molecule has 3 rings (SSSR count). The highest BCUT2D eigenvalue weighted by Crippen LogP contribution is 2.22. The van der Waals surface area contributed by atoms with Gasteiger partial charge in [0.15, 0.2) is 0 Å². The van der Waals surface area contributed by atoms with Crippen LogP contribution in [0, 0.1) is 13.8 Å². The van der Waals surface area contributed by atoms with Gasteiger partial charge in [-0.25, -0.2) is 9.67 Å². The van der Waals surface area contributed by atoms with Crippen molar-refractivity contribution in [2.75, 3.05) is 5.32 Å². The van der Waals surface area contributed by atoms with Crippen molar-refractivity contribution < 1.29 is 0 Å². The molecule has 0 saturated heterocycles. The molecule has 0 saturated carbocycles. The number of aromatic nitrogens is 3. The first-order valence-corrected chi connectivity index (χ1v) is 7.73. The van der Waals surface area contributed by atoms with Gasteiger partial charge in [-0.05, 0) is 43.2 Å². The molecule has 0 spiro atoms. The van der Waals surface area contributed by atoms with E-state index in [-0.39, 0.29) is 0 Å². The number of hydrogen-bond acceptors (Lipinski definition) is 4. The largest absolute Gasteiger partial charge is 0.381 e. The zero-order valence-corrected chi connectivity index (χ0v) is 13.0. The maximum atomic E-state index is 4.14. The van der Waals surface area contributed by atoms with Gasteiger partial charge in [0.2, 0.25) is 0 Å². The minimum Gasteiger partial charge on any atom is -0.381 e. The molecule has 0 aliphatic heterocycles. The average molecular weight is 298 g/mol. The van der Waals surface area contributed by atoms with Crippen LogP contribution in [0.25, 0.3) is 0 Å². The van der Waals surface area contributed by atoms with Crippen molar-refractivity contribution in [3.05, 3.63) is 63.9 Å². The van der Waals surface area contributed by atoms with Gasteiger partial charge < -0.3 is 5.32 Å². The summed E-state index contributed by atoms with van der Waals surface area (Å²) in [4.78, 5) is 6.72. The molecule has 2 heterocycles. The maximum absolute atomic E-state index is 4.14. The number of aryl methyl sites for hydroxylation is 2. The monoisotopic (exact) mass is 298 g/mol. The second-order valence-corrected chi connectivity index (χ2v) is 6.55. The highest BCUT2D eigenvalue weighted by atomic mass is 32.1. The second kappa shape index (κ2) is 6.10. The third kappa shape index (κ3) is 3.49. The molecule has 0 bridgehead atoms. The standard InChI is InChI=1S/C16H18N4S/c1-12-6-15(13(2)21-12)8-18-16-5-3-4-14(7-16)9-20-11-17-10-19-20/h3-7,10-11,18H,8-9H2,1-2H3. The van der Waals surface area contributed by atoms with E-state index in [2.05, 4.69) is 59.6 Å². The number of nitrogens with one attached hydrogen (secondary N) is 1. The highest BCUT2D eigenvalue weighted by Gasteiger charge is 2.03. The summed E-state index contributed by atoms with van der Waals surface area (Å²) in [6.45, 7) is 5.94. The molecule has 3 aromatic rings. The molecule has 21 heavy (non-hydrogen) atoms. The van der Waals surface area contributed by atoms with Crippen LogP contribution in [0.1, 0.15) is 20.9 Å². The zero-order chi connectivity index (χ0) is 14.7. The van der Waals surface area contributed by atoms with Crippen LogP contribution in [0.3, 0.4) is 0 Å². The minimum atomic E-state index is 0.742. The van der Waals surface area contributed by atoms with E-state index in [0.29, 0.717) is 0 Å². The summed E-state index contributed by atoms with van der Waals surface area (Å²) in [6, 6.07) is 10.7. The molecule has 0 atom stereocenters. The average Bonchev–Trinajstić information content (AvgIpc) is 3.07. The lowest BCUT2D eigenvalue weighted by molar-refractivity contribution is 0.685. The summed E-state index contributed by atoms with van der Waals surface area (Å²) in [5.74, 6) is 0. The van der Waals surface area contributed by atoms with Gasteiger partial charge in [0.05, 0.1) is 6.54 Å². The molecule has 108 valence electrons. The molecular formula is C16H18N4S. The molecule has 1 aromatic carbocycles. The fraction of sp³-hybridized carbons (Fsp3) is 0.250. The Kier molecular flexibility index (Phi) is 4.01. The lowest BCUT2D eigenvalue weighted by Crippen LogP contribution is -2.02. The fourth-order valence-corrected chi connectivity index (χ4v) is 3.28. The van der Waals surface area contributed by atoms with Crippen molar-refractivity contribution in [2.24, 2.45) is 0 Å². The van der Waals surface area contributed by atoms with E-state index in [4.69, 9.17) is 0 Å². The van der Waals surface area contributed by atoms with Crippen molar-refractivity contribution in [2.45, 2.75) is 26.9 Å². The van der Waals surface area contributed by atoms with Gasteiger partial charge in [-0.3, -0.25) is 0 Å². The van der Waals surface area contributed by atoms with Crippen LogP contribution in [0.15, 0.2) is 43.0 Å². The van der Waals surface area contributed by atoms with Crippen LogP contribution >= 0.6 is 11.3 Å². The van der Waals surface area contributed by atoms with E-state index in [0.717, 1.165) is 18.8 Å². The van der Waals surface area contributed by atoms with Crippen LogP contribution in [-0.4, -0.2) is 14.8 Å². The van der Waals surface area contributed by atoms with E-state index in [1.54, 1.807) is 12.7 Å². The fourth-order valence-electron chi connectivity index (χ4n) is 2.34. The summed E-state index contributed by atoms with van der Waals surface area (Å²) in [7, 11) is 0. The van der Waals surface area contributed by atoms with Crippen LogP contribution in [0.5, 0.6) is 0 Å². The number of benzene rings is 1. The Labute approximate surface area is 128 Å². The van der Waals surface area contributed by atoms with E-state index in [9.17, 15) is 0 Å². The van der Waals surface area contributed by atoms with Crippen molar-refractivity contribution in [1.82, 2.24) is 14.8 Å². The first kappa shape index (κ1) is 13.8. The topological polar surface area (TPSA) is 42.7 Å². The zero-order valence-electron chi connectivity index (χ0n) is 12.2. The molecule has 0 fully saturated rings. The first-order valence-electron chi connectivity index (χ1n) is 6.92. The summed E-state index contributed by atoms with van der Waals surface area (Å²) in [5, 5.41) is 7.63. The predicted octanol–water partition coefficient (Wildman–Crippen LogP) is 3.62. The molecule has 0 aliphatic carbocycles. The molecule has 1 N–H and O–H groups in total. The smallest absolute Gasteiger partial charge is 0.137 e. The number of anilines is 1. The van der Waals surface area contributed by atoms with Gasteiger partial charge in [0.1, 0.15) is 12.7 Å². The normalized spacial score (nSPS) is 10.8. The Morgan fingerprint density at radius 3 is 2.86 bits per heavy atom. The Balaban J connectivity index is 1.67. The molecule has 0 aliphatic rings. The van der Waals surface area contributed by atoms with Crippen molar-refractivity contribution in [3.63, 3.8) is 0 Å². The summed E-state index contributed by atoms with van der Waals surface area (Å²) < 4.78 is 1.82. The number of hydrogen-bond donors (Lipinski definition) is 1. The van der Waals surface area contributed by atoms with Crippen LogP contribution < -0.4 is 5.32 Å². The van der Waals surface area contributed by atoms with Crippen LogP contribution in [-0.2, 0) is 13.1 Å². The van der Waals surface area contributed by atoms with Gasteiger partial charge in [0, 0.05) is 22.0 Å². The Bertz CT molecular complexity index is 716. The predicted molar refractivity (Wildman–Crippen MR) is 86.7 cm³/mol. The summed E-state index contributed by atoms with van der Waals surface area (Å²) >= 11 is 1.85. The van der Waals surface area contributed by atoms with E-state index < -0.39 is 0 Å². The van der Waals surface area contributed by atoms with Gasteiger partial charge >= 0.3 is 0 Å². The second-order valence-electron chi connectivity index (χ2n) is 5.09. The van der Waals surface area contributed by atoms with E-state index in [1.165, 1.54) is 20.9 Å². The summed E-state index contributed by atoms with van der Waals surface area (Å²) in [5.41, 5.74) is 3.72. The van der Waals surface area contributed by atoms with Crippen molar-refractivity contribution in [1.29, 1.82) is 0 Å². The minimum absolute atomic E-state index is 0.742. The third-order valence-corrected chi connectivity index (χ3v) is 4.37. The maximum Gasteiger partial charge on any atom is 0.137 e. The van der Waals surface area contributed by atoms with Gasteiger partial charge in [-0.1, -0.05) is 12.1 Å². The van der Waals surface area contributed by atoms with Crippen LogP contribution in [0.4, 0.5) is 5.69 Å². The third-order valence-electron chi connectivity index (χ3n) is 3.36. The number of thiophene rings is 1. The van der Waals surface area contributed by atoms with Gasteiger partial charge in [-0.2, -0.15) is 5.10 Å². The lowest BCUT2D eigenvalue weighted by atomic mass is 10.2. The molecule has 0 amide bonds. The first-order chi connectivity index (χ1) is 10.2. The quantitative estimate of drug-likeness (QED) is 0.782. The lowest BCUT2D eigenvalue weighted by Gasteiger charge is -2.08. The van der Waals surface area contributed by atoms with Crippen molar-refractivity contribution >= 4 is 17.0 Å². The Morgan fingerprint density at radius 2 is 2.14 bits per heavy atom. The highest BCUT2D eigenvalue weighted by molar-refractivity contribution is 7.12. The number of nitrogens with zero attached hydrogens (tertiary/aromatic N) is 3. The van der Waals surface area contributed by atoms with Crippen LogP contribution in [0.2, 0.25) is 0 Å². The van der Waals surface area contributed by atoms with E-state index >= 15 is 0 Å². The Hall–Kier alpha value is -2.14. The molecule has 0 radical (unpaired) electrons.